The Labute approximate surface area is 162 Å². The van der Waals surface area contributed by atoms with E-state index in [2.05, 4.69) is 15.4 Å². The second kappa shape index (κ2) is 8.36. The predicted molar refractivity (Wildman–Crippen MR) is 101 cm³/mol. The highest BCUT2D eigenvalue weighted by Crippen LogP contribution is 2.29. The zero-order valence-corrected chi connectivity index (χ0v) is 16.3. The number of likely N-dealkylation sites (tertiary alicyclic amines) is 1. The van der Waals surface area contributed by atoms with Gasteiger partial charge in [-0.15, -0.1) is 17.5 Å². The minimum Gasteiger partial charge on any atom is -0.332 e. The van der Waals surface area contributed by atoms with Gasteiger partial charge in [0.2, 0.25) is 5.82 Å². The van der Waals surface area contributed by atoms with Crippen molar-refractivity contribution in [3.05, 3.63) is 39.9 Å². The lowest BCUT2D eigenvalue weighted by Crippen LogP contribution is -2.41. The highest BCUT2D eigenvalue weighted by atomic mass is 35.5. The van der Waals surface area contributed by atoms with Crippen LogP contribution in [0.2, 0.25) is 10.0 Å². The molecule has 0 saturated carbocycles. The van der Waals surface area contributed by atoms with E-state index in [4.69, 9.17) is 23.2 Å². The summed E-state index contributed by atoms with van der Waals surface area (Å²) in [5, 5.41) is 8.42. The molecule has 0 spiro atoms. The van der Waals surface area contributed by atoms with Crippen LogP contribution in [0.3, 0.4) is 0 Å². The summed E-state index contributed by atoms with van der Waals surface area (Å²) in [4.78, 5) is 19.0. The molecule has 0 bridgehead atoms. The van der Waals surface area contributed by atoms with Crippen LogP contribution in [0.1, 0.15) is 29.3 Å². The Hall–Kier alpha value is -1.34. The van der Waals surface area contributed by atoms with Crippen LogP contribution in [0.4, 0.5) is 0 Å². The normalized spacial score (nSPS) is 16.8. The van der Waals surface area contributed by atoms with Crippen molar-refractivity contribution < 1.29 is 4.79 Å². The number of hydrogen-bond acceptors (Lipinski definition) is 4. The van der Waals surface area contributed by atoms with Crippen molar-refractivity contribution >= 4 is 41.5 Å². The molecule has 1 aliphatic heterocycles. The van der Waals surface area contributed by atoms with E-state index in [0.717, 1.165) is 25.9 Å². The number of halogens is 3. The van der Waals surface area contributed by atoms with E-state index in [9.17, 15) is 4.79 Å². The van der Waals surface area contributed by atoms with Crippen molar-refractivity contribution in [1.29, 1.82) is 0 Å². The molecule has 1 aliphatic rings. The van der Waals surface area contributed by atoms with E-state index in [0.29, 0.717) is 21.6 Å². The van der Waals surface area contributed by atoms with Crippen LogP contribution in [0.5, 0.6) is 0 Å². The fraction of sp³-hybridized carbons (Fsp3) is 0.438. The summed E-state index contributed by atoms with van der Waals surface area (Å²) in [5.41, 5.74) is 0.540. The number of amides is 1. The number of para-hydroxylation sites is 1. The number of likely N-dealkylation sites (N-methyl/N-ethyl adjacent to an activating group) is 1. The van der Waals surface area contributed by atoms with Crippen LogP contribution in [-0.4, -0.2) is 51.8 Å². The van der Waals surface area contributed by atoms with Crippen LogP contribution in [0.15, 0.2) is 18.2 Å². The molecule has 9 heteroatoms. The van der Waals surface area contributed by atoms with Gasteiger partial charge in [-0.2, -0.15) is 0 Å². The average Bonchev–Trinajstić information content (AvgIpc) is 3.14. The minimum absolute atomic E-state index is 0. The highest BCUT2D eigenvalue weighted by Gasteiger charge is 2.31. The van der Waals surface area contributed by atoms with Crippen molar-refractivity contribution in [3.63, 3.8) is 0 Å². The molecule has 2 heterocycles. The quantitative estimate of drug-likeness (QED) is 0.850. The Morgan fingerprint density at radius 2 is 2.04 bits per heavy atom. The molecule has 25 heavy (non-hydrogen) atoms. The van der Waals surface area contributed by atoms with Crippen molar-refractivity contribution in [1.82, 2.24) is 25.0 Å². The smallest absolute Gasteiger partial charge is 0.293 e. The number of aryl methyl sites for hydroxylation is 1. The third-order valence-electron chi connectivity index (χ3n) is 4.19. The van der Waals surface area contributed by atoms with Gasteiger partial charge < -0.3 is 10.2 Å². The molecule has 1 N–H and O–H groups in total. The maximum absolute atomic E-state index is 12.8. The Kier molecular flexibility index (Phi) is 6.68. The lowest BCUT2D eigenvalue weighted by Gasteiger charge is -2.23. The van der Waals surface area contributed by atoms with E-state index in [1.165, 1.54) is 4.68 Å². The number of rotatable bonds is 4. The summed E-state index contributed by atoms with van der Waals surface area (Å²) in [5.74, 6) is 0.585. The van der Waals surface area contributed by atoms with Crippen molar-refractivity contribution in [2.75, 3.05) is 20.1 Å². The predicted octanol–water partition coefficient (Wildman–Crippen LogP) is 3.13. The lowest BCUT2D eigenvalue weighted by molar-refractivity contribution is 0.0724. The van der Waals surface area contributed by atoms with Crippen molar-refractivity contribution in [2.24, 2.45) is 0 Å². The van der Waals surface area contributed by atoms with E-state index in [1.54, 1.807) is 25.1 Å². The molecule has 0 aliphatic carbocycles. The van der Waals surface area contributed by atoms with Crippen LogP contribution < -0.4 is 5.32 Å². The van der Waals surface area contributed by atoms with Gasteiger partial charge in [-0.25, -0.2) is 9.67 Å². The number of nitrogens with zero attached hydrogens (tertiary/aromatic N) is 4. The van der Waals surface area contributed by atoms with Crippen LogP contribution in [-0.2, 0) is 0 Å². The molecule has 1 unspecified atom stereocenters. The van der Waals surface area contributed by atoms with Gasteiger partial charge in [0.25, 0.3) is 5.91 Å². The third kappa shape index (κ3) is 3.92. The second-order valence-corrected chi connectivity index (χ2v) is 6.63. The van der Waals surface area contributed by atoms with E-state index in [1.807, 2.05) is 11.9 Å². The second-order valence-electron chi connectivity index (χ2n) is 5.82. The molecule has 136 valence electrons. The Morgan fingerprint density at radius 3 is 2.68 bits per heavy atom. The fourth-order valence-electron chi connectivity index (χ4n) is 3.06. The number of carbonyl (C=O) groups excluding carboxylic acids is 1. The summed E-state index contributed by atoms with van der Waals surface area (Å²) in [6, 6.07) is 5.40. The summed E-state index contributed by atoms with van der Waals surface area (Å²) in [6.45, 7) is 3.27. The Bertz CT molecular complexity index is 744. The summed E-state index contributed by atoms with van der Waals surface area (Å²) in [6.07, 6.45) is 1.98. The SMILES string of the molecule is CNCC1CCCN1C(=O)c1nc(C)n(-c2c(Cl)cccc2Cl)n1.Cl. The zero-order valence-electron chi connectivity index (χ0n) is 14.0. The Balaban J connectivity index is 0.00000225. The maximum atomic E-state index is 12.8. The fourth-order valence-corrected chi connectivity index (χ4v) is 3.62. The molecule has 0 radical (unpaired) electrons. The minimum atomic E-state index is -0.155. The van der Waals surface area contributed by atoms with Gasteiger partial charge in [0.15, 0.2) is 0 Å². The first-order chi connectivity index (χ1) is 11.5. The van der Waals surface area contributed by atoms with Crippen LogP contribution in [0, 0.1) is 6.92 Å². The Morgan fingerprint density at radius 1 is 1.36 bits per heavy atom. The largest absolute Gasteiger partial charge is 0.332 e. The number of hydrogen-bond donors (Lipinski definition) is 1. The molecule has 1 amide bonds. The van der Waals surface area contributed by atoms with Crippen molar-refractivity contribution in [3.8, 4) is 5.69 Å². The zero-order chi connectivity index (χ0) is 17.3. The number of benzene rings is 1. The summed E-state index contributed by atoms with van der Waals surface area (Å²) in [7, 11) is 1.89. The highest BCUT2D eigenvalue weighted by molar-refractivity contribution is 6.37. The van der Waals surface area contributed by atoms with E-state index in [-0.39, 0.29) is 30.2 Å². The molecule has 1 aromatic heterocycles. The third-order valence-corrected chi connectivity index (χ3v) is 4.80. The molecule has 3 rings (SSSR count). The molecular weight excluding hydrogens is 385 g/mol. The molecule has 1 atom stereocenters. The molecule has 2 aromatic rings. The first-order valence-electron chi connectivity index (χ1n) is 7.86. The van der Waals surface area contributed by atoms with Crippen molar-refractivity contribution in [2.45, 2.75) is 25.8 Å². The van der Waals surface area contributed by atoms with Crippen LogP contribution in [0.25, 0.3) is 5.69 Å². The van der Waals surface area contributed by atoms with Crippen LogP contribution >= 0.6 is 35.6 Å². The van der Waals surface area contributed by atoms with E-state index < -0.39 is 0 Å². The van der Waals surface area contributed by atoms with Gasteiger partial charge in [-0.05, 0) is 38.9 Å². The topological polar surface area (TPSA) is 63.1 Å². The number of carbonyl (C=O) groups is 1. The van der Waals surface area contributed by atoms with Gasteiger partial charge in [0, 0.05) is 19.1 Å². The first kappa shape index (κ1) is 20.0. The molecule has 1 saturated heterocycles. The monoisotopic (exact) mass is 403 g/mol. The maximum Gasteiger partial charge on any atom is 0.293 e. The van der Waals surface area contributed by atoms with Gasteiger partial charge in [-0.3, -0.25) is 4.79 Å². The lowest BCUT2D eigenvalue weighted by atomic mass is 10.2. The van der Waals surface area contributed by atoms with Gasteiger partial charge in [-0.1, -0.05) is 29.3 Å². The first-order valence-corrected chi connectivity index (χ1v) is 8.62. The number of aromatic nitrogens is 3. The van der Waals surface area contributed by atoms with Gasteiger partial charge >= 0.3 is 0 Å². The van der Waals surface area contributed by atoms with Gasteiger partial charge in [0.1, 0.15) is 11.5 Å². The molecular formula is C16H20Cl3N5O. The van der Waals surface area contributed by atoms with E-state index >= 15 is 0 Å². The average molecular weight is 405 g/mol. The van der Waals surface area contributed by atoms with Gasteiger partial charge in [0.05, 0.1) is 10.0 Å². The molecule has 6 nitrogen and oxygen atoms in total. The summed E-state index contributed by atoms with van der Waals surface area (Å²) >= 11 is 12.5. The summed E-state index contributed by atoms with van der Waals surface area (Å²) < 4.78 is 1.53. The molecule has 1 aromatic carbocycles. The molecule has 1 fully saturated rings. The standard InChI is InChI=1S/C16H19Cl2N5O.ClH/c1-10-20-15(16(24)22-8-4-5-11(22)9-19-2)21-23(10)14-12(17)6-3-7-13(14)18;/h3,6-7,11,19H,4-5,8-9H2,1-2H3;1H. The number of nitrogens with one attached hydrogen (secondary N) is 1.